The second-order valence-corrected chi connectivity index (χ2v) is 8.64. The van der Waals surface area contributed by atoms with Crippen LogP contribution in [0, 0.1) is 20.8 Å². The summed E-state index contributed by atoms with van der Waals surface area (Å²) < 4.78 is 32.3. The number of nitrogens with zero attached hydrogens (tertiary/aromatic N) is 2. The molecule has 26 heavy (non-hydrogen) atoms. The number of anilines is 1. The minimum atomic E-state index is -3.86. The van der Waals surface area contributed by atoms with E-state index in [0.717, 1.165) is 5.56 Å². The van der Waals surface area contributed by atoms with Gasteiger partial charge in [-0.25, -0.2) is 8.42 Å². The molecule has 2 aromatic rings. The van der Waals surface area contributed by atoms with E-state index < -0.39 is 16.1 Å². The molecular formula is C17H20ClN3O4S. The lowest BCUT2D eigenvalue weighted by Gasteiger charge is -2.23. The van der Waals surface area contributed by atoms with E-state index in [9.17, 15) is 13.2 Å². The normalized spacial score (nSPS) is 18.2. The number of hydrogen-bond donors (Lipinski definition) is 1. The Bertz CT molecular complexity index is 935. The van der Waals surface area contributed by atoms with Crippen molar-refractivity contribution in [2.45, 2.75) is 44.6 Å². The largest absolute Gasteiger partial charge is 0.360 e. The average Bonchev–Trinajstić information content (AvgIpc) is 3.17. The predicted octanol–water partition coefficient (Wildman–Crippen LogP) is 3.05. The number of carbonyl (C=O) groups is 1. The Morgan fingerprint density at radius 3 is 2.69 bits per heavy atom. The molecule has 3 rings (SSSR count). The highest BCUT2D eigenvalue weighted by Gasteiger charge is 2.41. The van der Waals surface area contributed by atoms with E-state index in [1.165, 1.54) is 4.31 Å². The van der Waals surface area contributed by atoms with Crippen LogP contribution in [0.2, 0.25) is 5.02 Å². The first-order chi connectivity index (χ1) is 12.2. The van der Waals surface area contributed by atoms with Gasteiger partial charge >= 0.3 is 0 Å². The Kier molecular flexibility index (Phi) is 5.09. The Balaban J connectivity index is 1.87. The quantitative estimate of drug-likeness (QED) is 0.855. The monoisotopic (exact) mass is 397 g/mol. The molecule has 1 fully saturated rings. The summed E-state index contributed by atoms with van der Waals surface area (Å²) in [6, 6.07) is 4.35. The van der Waals surface area contributed by atoms with Crippen LogP contribution in [0.3, 0.4) is 0 Å². The first-order valence-corrected chi connectivity index (χ1v) is 10.1. The highest BCUT2D eigenvalue weighted by atomic mass is 35.5. The maximum Gasteiger partial charge on any atom is 0.249 e. The van der Waals surface area contributed by atoms with Crippen molar-refractivity contribution in [2.24, 2.45) is 0 Å². The van der Waals surface area contributed by atoms with Crippen molar-refractivity contribution in [3.8, 4) is 0 Å². The first kappa shape index (κ1) is 18.9. The molecule has 7 nitrogen and oxygen atoms in total. The number of aromatic nitrogens is 1. The van der Waals surface area contributed by atoms with E-state index in [-0.39, 0.29) is 23.1 Å². The summed E-state index contributed by atoms with van der Waals surface area (Å²) in [6.07, 6.45) is 1.07. The Morgan fingerprint density at radius 1 is 1.35 bits per heavy atom. The Hall–Kier alpha value is -1.90. The van der Waals surface area contributed by atoms with Gasteiger partial charge in [-0.05, 0) is 57.4 Å². The second-order valence-electron chi connectivity index (χ2n) is 6.38. The fourth-order valence-electron chi connectivity index (χ4n) is 3.23. The second kappa shape index (κ2) is 7.02. The summed E-state index contributed by atoms with van der Waals surface area (Å²) >= 11 is 5.94. The fraction of sp³-hybridized carbons (Fsp3) is 0.412. The molecule has 2 heterocycles. The summed E-state index contributed by atoms with van der Waals surface area (Å²) in [7, 11) is -3.86. The predicted molar refractivity (Wildman–Crippen MR) is 97.7 cm³/mol. The van der Waals surface area contributed by atoms with Crippen LogP contribution in [0.1, 0.15) is 29.9 Å². The van der Waals surface area contributed by atoms with Gasteiger partial charge in [0, 0.05) is 17.3 Å². The molecule has 140 valence electrons. The minimum Gasteiger partial charge on any atom is -0.360 e. The SMILES string of the molecule is Cc1cc(Cl)ccc1NC(=O)[C@@H]1CCCN1S(=O)(=O)c1c(C)noc1C. The average molecular weight is 398 g/mol. The van der Waals surface area contributed by atoms with Gasteiger partial charge in [-0.2, -0.15) is 4.31 Å². The van der Waals surface area contributed by atoms with Crippen molar-refractivity contribution >= 4 is 33.2 Å². The number of hydrogen-bond acceptors (Lipinski definition) is 5. The third-order valence-corrected chi connectivity index (χ3v) is 6.88. The van der Waals surface area contributed by atoms with E-state index in [2.05, 4.69) is 10.5 Å². The van der Waals surface area contributed by atoms with Crippen LogP contribution >= 0.6 is 11.6 Å². The van der Waals surface area contributed by atoms with E-state index in [4.69, 9.17) is 16.1 Å². The molecule has 0 unspecified atom stereocenters. The number of rotatable bonds is 4. The van der Waals surface area contributed by atoms with E-state index in [1.807, 2.05) is 6.92 Å². The molecule has 0 spiro atoms. The van der Waals surface area contributed by atoms with Crippen molar-refractivity contribution in [1.82, 2.24) is 9.46 Å². The lowest BCUT2D eigenvalue weighted by atomic mass is 10.1. The number of amides is 1. The molecule has 1 aromatic carbocycles. The van der Waals surface area contributed by atoms with Gasteiger partial charge in [-0.15, -0.1) is 0 Å². The van der Waals surface area contributed by atoms with Crippen LogP contribution < -0.4 is 5.32 Å². The molecule has 1 aliphatic heterocycles. The van der Waals surface area contributed by atoms with Gasteiger partial charge in [0.15, 0.2) is 5.76 Å². The van der Waals surface area contributed by atoms with E-state index >= 15 is 0 Å². The molecule has 1 amide bonds. The summed E-state index contributed by atoms with van der Waals surface area (Å²) in [5.74, 6) is -0.134. The summed E-state index contributed by atoms with van der Waals surface area (Å²) in [6.45, 7) is 5.24. The van der Waals surface area contributed by atoms with Crippen molar-refractivity contribution < 1.29 is 17.7 Å². The number of benzene rings is 1. The minimum absolute atomic E-state index is 0.0415. The van der Waals surface area contributed by atoms with Gasteiger partial charge in [0.05, 0.1) is 0 Å². The molecule has 0 aliphatic carbocycles. The van der Waals surface area contributed by atoms with E-state index in [0.29, 0.717) is 29.2 Å². The number of nitrogens with one attached hydrogen (secondary N) is 1. The van der Waals surface area contributed by atoms with Gasteiger partial charge in [0.25, 0.3) is 0 Å². The molecule has 9 heteroatoms. The zero-order chi connectivity index (χ0) is 19.1. The van der Waals surface area contributed by atoms with Crippen molar-refractivity contribution in [2.75, 3.05) is 11.9 Å². The third kappa shape index (κ3) is 3.36. The van der Waals surface area contributed by atoms with Gasteiger partial charge in [0.1, 0.15) is 16.6 Å². The highest BCUT2D eigenvalue weighted by molar-refractivity contribution is 7.89. The van der Waals surface area contributed by atoms with Crippen LogP contribution in [0.5, 0.6) is 0 Å². The lowest BCUT2D eigenvalue weighted by molar-refractivity contribution is -0.119. The Morgan fingerprint density at radius 2 is 2.08 bits per heavy atom. The zero-order valence-electron chi connectivity index (χ0n) is 14.7. The maximum absolute atomic E-state index is 13.0. The molecule has 1 aromatic heterocycles. The highest BCUT2D eigenvalue weighted by Crippen LogP contribution is 2.30. The lowest BCUT2D eigenvalue weighted by Crippen LogP contribution is -2.43. The molecule has 1 N–H and O–H groups in total. The van der Waals surface area contributed by atoms with Crippen LogP contribution in [0.25, 0.3) is 0 Å². The molecule has 1 atom stereocenters. The summed E-state index contributed by atoms with van der Waals surface area (Å²) in [5.41, 5.74) is 1.71. The van der Waals surface area contributed by atoms with Crippen LogP contribution in [0.4, 0.5) is 5.69 Å². The molecular weight excluding hydrogens is 378 g/mol. The van der Waals surface area contributed by atoms with Crippen molar-refractivity contribution in [3.05, 3.63) is 40.2 Å². The number of halogens is 1. The number of aryl methyl sites for hydroxylation is 3. The Labute approximate surface area is 157 Å². The summed E-state index contributed by atoms with van der Waals surface area (Å²) in [4.78, 5) is 12.8. The molecule has 0 saturated carbocycles. The van der Waals surface area contributed by atoms with Crippen LogP contribution in [-0.2, 0) is 14.8 Å². The fourth-order valence-corrected chi connectivity index (χ4v) is 5.41. The number of sulfonamides is 1. The third-order valence-electron chi connectivity index (χ3n) is 4.49. The zero-order valence-corrected chi connectivity index (χ0v) is 16.3. The number of carbonyl (C=O) groups excluding carboxylic acids is 1. The van der Waals surface area contributed by atoms with Gasteiger partial charge in [-0.3, -0.25) is 4.79 Å². The van der Waals surface area contributed by atoms with E-state index in [1.54, 1.807) is 32.0 Å². The van der Waals surface area contributed by atoms with Gasteiger partial charge in [-0.1, -0.05) is 16.8 Å². The maximum atomic E-state index is 13.0. The van der Waals surface area contributed by atoms with Crippen LogP contribution in [-0.4, -0.2) is 36.4 Å². The van der Waals surface area contributed by atoms with Crippen LogP contribution in [0.15, 0.2) is 27.6 Å². The van der Waals surface area contributed by atoms with Crippen molar-refractivity contribution in [1.29, 1.82) is 0 Å². The molecule has 1 saturated heterocycles. The first-order valence-electron chi connectivity index (χ1n) is 8.23. The smallest absolute Gasteiger partial charge is 0.249 e. The van der Waals surface area contributed by atoms with Crippen molar-refractivity contribution in [3.63, 3.8) is 0 Å². The molecule has 0 bridgehead atoms. The van der Waals surface area contributed by atoms with Gasteiger partial charge in [0.2, 0.25) is 15.9 Å². The molecule has 1 aliphatic rings. The van der Waals surface area contributed by atoms with Gasteiger partial charge < -0.3 is 9.84 Å². The standard InChI is InChI=1S/C17H20ClN3O4S/c1-10-9-13(18)6-7-14(10)19-17(22)15-5-4-8-21(15)26(23,24)16-11(2)20-25-12(16)3/h6-7,9,15H,4-5,8H2,1-3H3,(H,19,22)/t15-/m0/s1. The molecule has 0 radical (unpaired) electrons. The topological polar surface area (TPSA) is 92.5 Å². The summed E-state index contributed by atoms with van der Waals surface area (Å²) in [5, 5.41) is 7.10.